The van der Waals surface area contributed by atoms with Crippen molar-refractivity contribution in [3.63, 3.8) is 0 Å². The lowest BCUT2D eigenvalue weighted by molar-refractivity contribution is -0.274. The standard InChI is InChI=1S/C13H14BrF3N2O2/c1-2-18-9-5-6-19(12(9)20)10-4-3-8(14)7-11(10)21-13(15,16)17/h3-4,7,9,18H,2,5-6H2,1H3. The Kier molecular flexibility index (Phi) is 4.77. The van der Waals surface area contributed by atoms with Crippen molar-refractivity contribution in [2.75, 3.05) is 18.0 Å². The predicted molar refractivity (Wildman–Crippen MR) is 75.3 cm³/mol. The number of nitrogens with one attached hydrogen (secondary N) is 1. The number of amides is 1. The second-order valence-electron chi connectivity index (χ2n) is 4.55. The quantitative estimate of drug-likeness (QED) is 0.890. The maximum absolute atomic E-state index is 12.5. The van der Waals surface area contributed by atoms with Crippen LogP contribution in [0.3, 0.4) is 0 Å². The van der Waals surface area contributed by atoms with E-state index in [0.717, 1.165) is 0 Å². The van der Waals surface area contributed by atoms with Gasteiger partial charge in [-0.2, -0.15) is 0 Å². The summed E-state index contributed by atoms with van der Waals surface area (Å²) in [5.74, 6) is -0.631. The number of benzene rings is 1. The summed E-state index contributed by atoms with van der Waals surface area (Å²) in [5, 5.41) is 3.01. The van der Waals surface area contributed by atoms with E-state index in [4.69, 9.17) is 0 Å². The molecule has 1 saturated heterocycles. The first kappa shape index (κ1) is 16.1. The molecule has 1 aliphatic heterocycles. The fourth-order valence-electron chi connectivity index (χ4n) is 2.27. The molecule has 0 bridgehead atoms. The van der Waals surface area contributed by atoms with E-state index in [1.54, 1.807) is 6.07 Å². The molecule has 0 aromatic heterocycles. The van der Waals surface area contributed by atoms with Crippen molar-refractivity contribution in [2.45, 2.75) is 25.7 Å². The maximum Gasteiger partial charge on any atom is 0.573 e. The smallest absolute Gasteiger partial charge is 0.404 e. The van der Waals surface area contributed by atoms with E-state index >= 15 is 0 Å². The number of alkyl halides is 3. The highest BCUT2D eigenvalue weighted by atomic mass is 79.9. The first-order chi connectivity index (χ1) is 9.81. The average Bonchev–Trinajstić information content (AvgIpc) is 2.70. The van der Waals surface area contributed by atoms with Gasteiger partial charge >= 0.3 is 6.36 Å². The first-order valence-electron chi connectivity index (χ1n) is 6.42. The Balaban J connectivity index is 2.29. The fraction of sp³-hybridized carbons (Fsp3) is 0.462. The van der Waals surface area contributed by atoms with Crippen LogP contribution in [0.25, 0.3) is 0 Å². The van der Waals surface area contributed by atoms with Crippen LogP contribution >= 0.6 is 15.9 Å². The van der Waals surface area contributed by atoms with Crippen molar-refractivity contribution in [2.24, 2.45) is 0 Å². The van der Waals surface area contributed by atoms with Gasteiger partial charge in [-0.1, -0.05) is 22.9 Å². The number of ether oxygens (including phenoxy) is 1. The van der Waals surface area contributed by atoms with Crippen LogP contribution in [0.4, 0.5) is 18.9 Å². The van der Waals surface area contributed by atoms with Gasteiger partial charge in [-0.15, -0.1) is 13.2 Å². The molecule has 1 heterocycles. The van der Waals surface area contributed by atoms with E-state index in [1.165, 1.54) is 17.0 Å². The van der Waals surface area contributed by atoms with Crippen molar-refractivity contribution in [1.29, 1.82) is 0 Å². The zero-order chi connectivity index (χ0) is 15.6. The van der Waals surface area contributed by atoms with Gasteiger partial charge in [0.05, 0.1) is 11.7 Å². The van der Waals surface area contributed by atoms with Crippen LogP contribution in [0.15, 0.2) is 22.7 Å². The lowest BCUT2D eigenvalue weighted by atomic mass is 10.2. The number of rotatable bonds is 4. The van der Waals surface area contributed by atoms with Crippen LogP contribution in [-0.4, -0.2) is 31.4 Å². The number of anilines is 1. The molecular weight excluding hydrogens is 353 g/mol. The number of nitrogens with zero attached hydrogens (tertiary/aromatic N) is 1. The number of likely N-dealkylation sites (N-methyl/N-ethyl adjacent to an activating group) is 1. The fourth-order valence-corrected chi connectivity index (χ4v) is 2.61. The second kappa shape index (κ2) is 6.23. The Hall–Kier alpha value is -1.28. The minimum absolute atomic E-state index is 0.126. The summed E-state index contributed by atoms with van der Waals surface area (Å²) in [5.41, 5.74) is 0.126. The summed E-state index contributed by atoms with van der Waals surface area (Å²) in [6.45, 7) is 2.84. The van der Waals surface area contributed by atoms with Crippen LogP contribution in [0.1, 0.15) is 13.3 Å². The van der Waals surface area contributed by atoms with Crippen molar-refractivity contribution < 1.29 is 22.7 Å². The summed E-state index contributed by atoms with van der Waals surface area (Å²) in [6, 6.07) is 3.86. The molecule has 0 aliphatic carbocycles. The minimum Gasteiger partial charge on any atom is -0.404 e. The summed E-state index contributed by atoms with van der Waals surface area (Å²) in [7, 11) is 0. The molecule has 2 rings (SSSR count). The Morgan fingerprint density at radius 3 is 2.81 bits per heavy atom. The summed E-state index contributed by atoms with van der Waals surface area (Å²) in [4.78, 5) is 13.5. The number of carbonyl (C=O) groups excluding carboxylic acids is 1. The Labute approximate surface area is 128 Å². The van der Waals surface area contributed by atoms with Crippen LogP contribution < -0.4 is 15.0 Å². The summed E-state index contributed by atoms with van der Waals surface area (Å²) < 4.78 is 41.9. The SMILES string of the molecule is CCNC1CCN(c2ccc(Br)cc2OC(F)(F)F)C1=O. The minimum atomic E-state index is -4.81. The lowest BCUT2D eigenvalue weighted by Crippen LogP contribution is -2.38. The molecule has 21 heavy (non-hydrogen) atoms. The molecule has 0 spiro atoms. The highest BCUT2D eigenvalue weighted by Crippen LogP contribution is 2.37. The van der Waals surface area contributed by atoms with Crippen LogP contribution in [0, 0.1) is 0 Å². The topological polar surface area (TPSA) is 41.6 Å². The van der Waals surface area contributed by atoms with E-state index in [-0.39, 0.29) is 23.4 Å². The van der Waals surface area contributed by atoms with Gasteiger partial charge in [0, 0.05) is 11.0 Å². The van der Waals surface area contributed by atoms with Gasteiger partial charge in [-0.25, -0.2) is 0 Å². The third-order valence-electron chi connectivity index (χ3n) is 3.09. The van der Waals surface area contributed by atoms with Crippen LogP contribution in [0.5, 0.6) is 5.75 Å². The van der Waals surface area contributed by atoms with Gasteiger partial charge in [0.15, 0.2) is 5.75 Å². The molecule has 1 unspecified atom stereocenters. The largest absolute Gasteiger partial charge is 0.573 e. The van der Waals surface area contributed by atoms with E-state index in [0.29, 0.717) is 24.0 Å². The highest BCUT2D eigenvalue weighted by molar-refractivity contribution is 9.10. The van der Waals surface area contributed by atoms with Crippen molar-refractivity contribution in [3.8, 4) is 5.75 Å². The molecule has 1 aromatic rings. The van der Waals surface area contributed by atoms with Crippen LogP contribution in [-0.2, 0) is 4.79 Å². The van der Waals surface area contributed by atoms with Gasteiger partial charge in [0.1, 0.15) is 0 Å². The molecular formula is C13H14BrF3N2O2. The lowest BCUT2D eigenvalue weighted by Gasteiger charge is -2.21. The normalized spacial score (nSPS) is 19.2. The predicted octanol–water partition coefficient (Wildman–Crippen LogP) is 3.06. The van der Waals surface area contributed by atoms with E-state index < -0.39 is 6.36 Å². The number of hydrogen-bond donors (Lipinski definition) is 1. The molecule has 1 fully saturated rings. The van der Waals surface area contributed by atoms with Crippen molar-refractivity contribution >= 4 is 27.5 Å². The van der Waals surface area contributed by atoms with E-state index in [9.17, 15) is 18.0 Å². The van der Waals surface area contributed by atoms with Gasteiger partial charge < -0.3 is 15.0 Å². The van der Waals surface area contributed by atoms with Gasteiger partial charge in [-0.05, 0) is 31.2 Å². The molecule has 116 valence electrons. The molecule has 0 radical (unpaired) electrons. The van der Waals surface area contributed by atoms with Crippen LogP contribution in [0.2, 0.25) is 0 Å². The Bertz CT molecular complexity index is 537. The molecule has 1 aliphatic rings. The molecule has 1 aromatic carbocycles. The Morgan fingerprint density at radius 1 is 1.48 bits per heavy atom. The van der Waals surface area contributed by atoms with Gasteiger partial charge in [0.25, 0.3) is 0 Å². The molecule has 1 atom stereocenters. The molecule has 0 saturated carbocycles. The third kappa shape index (κ3) is 3.88. The first-order valence-corrected chi connectivity index (χ1v) is 7.21. The molecule has 8 heteroatoms. The molecule has 1 amide bonds. The summed E-state index contributed by atoms with van der Waals surface area (Å²) in [6.07, 6.45) is -4.26. The van der Waals surface area contributed by atoms with E-state index in [2.05, 4.69) is 26.0 Å². The number of carbonyl (C=O) groups is 1. The monoisotopic (exact) mass is 366 g/mol. The zero-order valence-corrected chi connectivity index (χ0v) is 12.8. The number of hydrogen-bond acceptors (Lipinski definition) is 3. The average molecular weight is 367 g/mol. The summed E-state index contributed by atoms with van der Waals surface area (Å²) >= 11 is 3.10. The second-order valence-corrected chi connectivity index (χ2v) is 5.46. The molecule has 1 N–H and O–H groups in total. The van der Waals surface area contributed by atoms with Crippen molar-refractivity contribution in [3.05, 3.63) is 22.7 Å². The van der Waals surface area contributed by atoms with Crippen molar-refractivity contribution in [1.82, 2.24) is 5.32 Å². The maximum atomic E-state index is 12.5. The molecule has 4 nitrogen and oxygen atoms in total. The highest BCUT2D eigenvalue weighted by Gasteiger charge is 2.37. The van der Waals surface area contributed by atoms with Gasteiger partial charge in [0.2, 0.25) is 5.91 Å². The number of halogens is 4. The van der Waals surface area contributed by atoms with Gasteiger partial charge in [-0.3, -0.25) is 4.79 Å². The Morgan fingerprint density at radius 2 is 2.19 bits per heavy atom. The third-order valence-corrected chi connectivity index (χ3v) is 3.59. The van der Waals surface area contributed by atoms with E-state index in [1.807, 2.05) is 6.92 Å². The zero-order valence-electron chi connectivity index (χ0n) is 11.2.